The number of carbonyl (C=O) groups is 2. The first-order chi connectivity index (χ1) is 8.08. The van der Waals surface area contributed by atoms with Crippen LogP contribution < -0.4 is 11.2 Å². The molecule has 0 saturated carbocycles. The molecule has 0 spiro atoms. The Balaban J connectivity index is 2.10. The SMILES string of the molecule is NC(=O)CONC(=O)CCCc1ccc(Br)s1. The molecule has 2 amide bonds. The highest BCUT2D eigenvalue weighted by atomic mass is 79.9. The topological polar surface area (TPSA) is 81.4 Å². The Morgan fingerprint density at radius 3 is 2.82 bits per heavy atom. The molecule has 3 N–H and O–H groups in total. The van der Waals surface area contributed by atoms with Gasteiger partial charge in [0.2, 0.25) is 11.8 Å². The van der Waals surface area contributed by atoms with Crippen molar-refractivity contribution >= 4 is 39.1 Å². The van der Waals surface area contributed by atoms with Crippen LogP contribution in [0.25, 0.3) is 0 Å². The van der Waals surface area contributed by atoms with Gasteiger partial charge >= 0.3 is 0 Å². The van der Waals surface area contributed by atoms with Crippen molar-refractivity contribution in [1.82, 2.24) is 5.48 Å². The molecule has 1 aromatic heterocycles. The minimum Gasteiger partial charge on any atom is -0.368 e. The highest BCUT2D eigenvalue weighted by Crippen LogP contribution is 2.23. The molecule has 0 aliphatic heterocycles. The van der Waals surface area contributed by atoms with Crippen molar-refractivity contribution in [2.75, 3.05) is 6.61 Å². The lowest BCUT2D eigenvalue weighted by atomic mass is 10.2. The Labute approximate surface area is 111 Å². The molecule has 0 aliphatic carbocycles. The van der Waals surface area contributed by atoms with Gasteiger partial charge < -0.3 is 5.73 Å². The third-order valence-electron chi connectivity index (χ3n) is 1.86. The number of hydrogen-bond acceptors (Lipinski definition) is 4. The standard InChI is InChI=1S/C10H13BrN2O3S/c11-8-5-4-7(17-8)2-1-3-10(15)13-16-6-9(12)14/h4-5H,1-3,6H2,(H2,12,14)(H,13,15). The van der Waals surface area contributed by atoms with Gasteiger partial charge in [-0.2, -0.15) is 0 Å². The van der Waals surface area contributed by atoms with Gasteiger partial charge in [0.25, 0.3) is 0 Å². The van der Waals surface area contributed by atoms with Gasteiger partial charge in [-0.15, -0.1) is 11.3 Å². The summed E-state index contributed by atoms with van der Waals surface area (Å²) in [6, 6.07) is 4.01. The van der Waals surface area contributed by atoms with Crippen LogP contribution in [0.2, 0.25) is 0 Å². The van der Waals surface area contributed by atoms with Gasteiger partial charge in [-0.25, -0.2) is 5.48 Å². The molecule has 0 bridgehead atoms. The lowest BCUT2D eigenvalue weighted by Gasteiger charge is -2.03. The molecule has 1 heterocycles. The number of aryl methyl sites for hydroxylation is 1. The van der Waals surface area contributed by atoms with Crippen molar-refractivity contribution < 1.29 is 14.4 Å². The van der Waals surface area contributed by atoms with Gasteiger partial charge in [0.15, 0.2) is 6.61 Å². The number of rotatable bonds is 7. The van der Waals surface area contributed by atoms with Crippen molar-refractivity contribution in [3.8, 4) is 0 Å². The second kappa shape index (κ2) is 7.41. The van der Waals surface area contributed by atoms with Crippen LogP contribution in [0.1, 0.15) is 17.7 Å². The molecule has 1 rings (SSSR count). The highest BCUT2D eigenvalue weighted by Gasteiger charge is 2.04. The first kappa shape index (κ1) is 14.1. The second-order valence-electron chi connectivity index (χ2n) is 3.34. The lowest BCUT2D eigenvalue weighted by molar-refractivity contribution is -0.138. The van der Waals surface area contributed by atoms with Crippen molar-refractivity contribution in [1.29, 1.82) is 0 Å². The predicted molar refractivity (Wildman–Crippen MR) is 68.2 cm³/mol. The minimum absolute atomic E-state index is 0.248. The second-order valence-corrected chi connectivity index (χ2v) is 5.89. The van der Waals surface area contributed by atoms with Crippen LogP contribution in [0, 0.1) is 0 Å². The Bertz CT molecular complexity index is 395. The molecular formula is C10H13BrN2O3S. The zero-order valence-corrected chi connectivity index (χ0v) is 11.5. The van der Waals surface area contributed by atoms with Gasteiger partial charge in [0.1, 0.15) is 0 Å². The molecule has 17 heavy (non-hydrogen) atoms. The fourth-order valence-corrected chi connectivity index (χ4v) is 2.67. The molecule has 5 nitrogen and oxygen atoms in total. The third kappa shape index (κ3) is 6.40. The van der Waals surface area contributed by atoms with Crippen LogP contribution in [0.3, 0.4) is 0 Å². The van der Waals surface area contributed by atoms with Crippen LogP contribution in [0.15, 0.2) is 15.9 Å². The number of carbonyl (C=O) groups excluding carboxylic acids is 2. The van der Waals surface area contributed by atoms with E-state index in [-0.39, 0.29) is 12.5 Å². The maximum Gasteiger partial charge on any atom is 0.246 e. The summed E-state index contributed by atoms with van der Waals surface area (Å²) >= 11 is 5.03. The van der Waals surface area contributed by atoms with Crippen molar-refractivity contribution in [3.63, 3.8) is 0 Å². The quantitative estimate of drug-likeness (QED) is 0.744. The largest absolute Gasteiger partial charge is 0.368 e. The Kier molecular flexibility index (Phi) is 6.17. The first-order valence-corrected chi connectivity index (χ1v) is 6.62. The van der Waals surface area contributed by atoms with Gasteiger partial charge in [0.05, 0.1) is 3.79 Å². The summed E-state index contributed by atoms with van der Waals surface area (Å²) in [5, 5.41) is 0. The molecule has 0 aliphatic rings. The van der Waals surface area contributed by atoms with Gasteiger partial charge in [-0.1, -0.05) is 0 Å². The normalized spacial score (nSPS) is 10.2. The molecule has 0 fully saturated rings. The number of nitrogens with two attached hydrogens (primary N) is 1. The van der Waals surface area contributed by atoms with E-state index in [4.69, 9.17) is 5.73 Å². The fourth-order valence-electron chi connectivity index (χ4n) is 1.15. The highest BCUT2D eigenvalue weighted by molar-refractivity contribution is 9.11. The van der Waals surface area contributed by atoms with Crippen molar-refractivity contribution in [3.05, 3.63) is 20.8 Å². The predicted octanol–water partition coefficient (Wildman–Crippen LogP) is 1.37. The van der Waals surface area contributed by atoms with Gasteiger partial charge in [-0.05, 0) is 40.9 Å². The maximum absolute atomic E-state index is 11.2. The van der Waals surface area contributed by atoms with E-state index in [9.17, 15) is 9.59 Å². The summed E-state index contributed by atoms with van der Waals surface area (Å²) in [7, 11) is 0. The number of hydroxylamine groups is 1. The minimum atomic E-state index is -0.617. The Hall–Kier alpha value is -0.920. The van der Waals surface area contributed by atoms with Crippen LogP contribution >= 0.6 is 27.3 Å². The monoisotopic (exact) mass is 320 g/mol. The van der Waals surface area contributed by atoms with E-state index >= 15 is 0 Å². The summed E-state index contributed by atoms with van der Waals surface area (Å²) in [6.45, 7) is -0.302. The number of primary amides is 1. The van der Waals surface area contributed by atoms with E-state index in [0.29, 0.717) is 6.42 Å². The number of amides is 2. The first-order valence-electron chi connectivity index (χ1n) is 5.01. The zero-order chi connectivity index (χ0) is 12.7. The fraction of sp³-hybridized carbons (Fsp3) is 0.400. The van der Waals surface area contributed by atoms with Gasteiger partial charge in [-0.3, -0.25) is 14.4 Å². The van der Waals surface area contributed by atoms with Crippen LogP contribution in [-0.2, 0) is 20.8 Å². The lowest BCUT2D eigenvalue weighted by Crippen LogP contribution is -2.29. The molecule has 94 valence electrons. The Morgan fingerprint density at radius 1 is 1.47 bits per heavy atom. The molecule has 0 unspecified atom stereocenters. The average Bonchev–Trinajstić information content (AvgIpc) is 2.63. The number of nitrogens with one attached hydrogen (secondary N) is 1. The molecule has 0 radical (unpaired) electrons. The zero-order valence-electron chi connectivity index (χ0n) is 9.07. The molecule has 0 saturated heterocycles. The molecule has 0 atom stereocenters. The molecule has 1 aromatic rings. The molecule has 7 heteroatoms. The summed E-state index contributed by atoms with van der Waals surface area (Å²) in [5.74, 6) is -0.865. The van der Waals surface area contributed by atoms with E-state index in [0.717, 1.165) is 16.6 Å². The van der Waals surface area contributed by atoms with Crippen molar-refractivity contribution in [2.45, 2.75) is 19.3 Å². The van der Waals surface area contributed by atoms with Crippen LogP contribution in [0.5, 0.6) is 0 Å². The molecular weight excluding hydrogens is 308 g/mol. The van der Waals surface area contributed by atoms with Crippen molar-refractivity contribution in [2.24, 2.45) is 5.73 Å². The average molecular weight is 321 g/mol. The van der Waals surface area contributed by atoms with Crippen LogP contribution in [0.4, 0.5) is 0 Å². The van der Waals surface area contributed by atoms with Crippen LogP contribution in [-0.4, -0.2) is 18.4 Å². The summed E-state index contributed by atoms with van der Waals surface area (Å²) in [6.07, 6.45) is 1.94. The molecule has 0 aromatic carbocycles. The summed E-state index contributed by atoms with van der Waals surface area (Å²) in [5.41, 5.74) is 7.00. The Morgan fingerprint density at radius 2 is 2.24 bits per heavy atom. The smallest absolute Gasteiger partial charge is 0.246 e. The van der Waals surface area contributed by atoms with E-state index in [2.05, 4.69) is 26.2 Å². The van der Waals surface area contributed by atoms with E-state index in [1.807, 2.05) is 12.1 Å². The summed E-state index contributed by atoms with van der Waals surface area (Å²) in [4.78, 5) is 27.4. The van der Waals surface area contributed by atoms with E-state index < -0.39 is 5.91 Å². The van der Waals surface area contributed by atoms with Gasteiger partial charge in [0, 0.05) is 11.3 Å². The number of thiophene rings is 1. The summed E-state index contributed by atoms with van der Waals surface area (Å²) < 4.78 is 1.08. The maximum atomic E-state index is 11.2. The number of hydrogen-bond donors (Lipinski definition) is 2. The van der Waals surface area contributed by atoms with E-state index in [1.165, 1.54) is 4.88 Å². The number of halogens is 1. The third-order valence-corrected chi connectivity index (χ3v) is 3.54. The van der Waals surface area contributed by atoms with E-state index in [1.54, 1.807) is 11.3 Å².